The molecule has 1 heterocycles. The van der Waals surface area contributed by atoms with Crippen molar-refractivity contribution in [1.29, 1.82) is 0 Å². The molecule has 0 unspecified atom stereocenters. The van der Waals surface area contributed by atoms with Crippen molar-refractivity contribution in [2.24, 2.45) is 5.73 Å². The summed E-state index contributed by atoms with van der Waals surface area (Å²) >= 11 is 12.2. The molecular weight excluding hydrogens is 480 g/mol. The van der Waals surface area contributed by atoms with Gasteiger partial charge in [0.2, 0.25) is 5.91 Å². The molecule has 4 aromatic rings. The average molecular weight is 498 g/mol. The number of benzene rings is 3. The van der Waals surface area contributed by atoms with E-state index in [-0.39, 0.29) is 17.3 Å². The molecular formula is C24H18Cl2FN5O2. The highest BCUT2D eigenvalue weighted by Crippen LogP contribution is 2.30. The Bertz CT molecular complexity index is 1370. The van der Waals surface area contributed by atoms with Gasteiger partial charge in [-0.05, 0) is 54.1 Å². The minimum Gasteiger partial charge on any atom is -0.369 e. The van der Waals surface area contributed by atoms with E-state index in [1.165, 1.54) is 16.8 Å². The molecule has 0 saturated carbocycles. The van der Waals surface area contributed by atoms with Crippen molar-refractivity contribution in [2.45, 2.75) is 6.42 Å². The van der Waals surface area contributed by atoms with Crippen molar-refractivity contribution >= 4 is 46.6 Å². The van der Waals surface area contributed by atoms with Gasteiger partial charge in [-0.2, -0.15) is 5.10 Å². The van der Waals surface area contributed by atoms with Crippen LogP contribution in [-0.4, -0.2) is 21.7 Å². The Morgan fingerprint density at radius 3 is 2.44 bits per heavy atom. The van der Waals surface area contributed by atoms with Crippen LogP contribution in [0.25, 0.3) is 16.9 Å². The van der Waals surface area contributed by atoms with E-state index in [1.807, 2.05) is 0 Å². The van der Waals surface area contributed by atoms with Crippen LogP contribution in [0.1, 0.15) is 5.56 Å². The van der Waals surface area contributed by atoms with Gasteiger partial charge in [0, 0.05) is 11.6 Å². The molecule has 10 heteroatoms. The third kappa shape index (κ3) is 5.36. The minimum absolute atomic E-state index is 0.0520. The number of aromatic nitrogens is 2. The average Bonchev–Trinajstić information content (AvgIpc) is 3.21. The fourth-order valence-electron chi connectivity index (χ4n) is 3.30. The predicted molar refractivity (Wildman–Crippen MR) is 131 cm³/mol. The molecule has 34 heavy (non-hydrogen) atoms. The number of carbonyl (C=O) groups excluding carboxylic acids is 2. The summed E-state index contributed by atoms with van der Waals surface area (Å²) in [7, 11) is 0. The normalized spacial score (nSPS) is 10.7. The summed E-state index contributed by atoms with van der Waals surface area (Å²) in [6.45, 7) is 0. The van der Waals surface area contributed by atoms with Crippen LogP contribution >= 0.6 is 23.2 Å². The zero-order valence-corrected chi connectivity index (χ0v) is 19.1. The Kier molecular flexibility index (Phi) is 6.81. The van der Waals surface area contributed by atoms with Crippen LogP contribution in [0, 0.1) is 5.82 Å². The Hall–Kier alpha value is -3.88. The predicted octanol–water partition coefficient (Wildman–Crippen LogP) is 5.66. The number of rotatable bonds is 6. The lowest BCUT2D eigenvalue weighted by Gasteiger charge is -2.12. The molecule has 0 saturated heterocycles. The number of urea groups is 1. The number of hydrogen-bond acceptors (Lipinski definition) is 3. The van der Waals surface area contributed by atoms with Crippen molar-refractivity contribution in [3.63, 3.8) is 0 Å². The summed E-state index contributed by atoms with van der Waals surface area (Å²) in [5, 5.41) is 10.5. The lowest BCUT2D eigenvalue weighted by Crippen LogP contribution is -2.21. The van der Waals surface area contributed by atoms with Crippen molar-refractivity contribution < 1.29 is 14.0 Å². The fourth-order valence-corrected chi connectivity index (χ4v) is 3.65. The lowest BCUT2D eigenvalue weighted by atomic mass is 10.1. The van der Waals surface area contributed by atoms with Crippen LogP contribution in [0.5, 0.6) is 0 Å². The summed E-state index contributed by atoms with van der Waals surface area (Å²) < 4.78 is 14.9. The molecule has 0 fully saturated rings. The Balaban J connectivity index is 1.70. The molecule has 3 aromatic carbocycles. The van der Waals surface area contributed by atoms with Gasteiger partial charge in [-0.25, -0.2) is 13.9 Å². The summed E-state index contributed by atoms with van der Waals surface area (Å²) in [5.41, 5.74) is 8.07. The maximum atomic E-state index is 13.4. The van der Waals surface area contributed by atoms with Crippen LogP contribution < -0.4 is 16.4 Å². The van der Waals surface area contributed by atoms with Crippen LogP contribution in [0.15, 0.2) is 72.8 Å². The fraction of sp³-hybridized carbons (Fsp3) is 0.0417. The second kappa shape index (κ2) is 9.94. The lowest BCUT2D eigenvalue weighted by molar-refractivity contribution is -0.117. The molecule has 0 radical (unpaired) electrons. The van der Waals surface area contributed by atoms with Crippen LogP contribution in [0.2, 0.25) is 10.0 Å². The highest BCUT2D eigenvalue weighted by Gasteiger charge is 2.16. The van der Waals surface area contributed by atoms with Crippen molar-refractivity contribution in [1.82, 2.24) is 9.78 Å². The maximum Gasteiger partial charge on any atom is 0.324 e. The van der Waals surface area contributed by atoms with E-state index in [0.717, 1.165) is 0 Å². The van der Waals surface area contributed by atoms with Crippen molar-refractivity contribution in [3.8, 4) is 16.9 Å². The number of nitrogens with zero attached hydrogens (tertiary/aromatic N) is 2. The number of anilines is 2. The third-order valence-electron chi connectivity index (χ3n) is 4.82. The standard InChI is InChI=1S/C24H18Cl2FN5O2/c25-18-5-2-6-19(23(18)26)29-24(34)30-22-13-20(15-7-9-16(27)10-8-15)31-32(22)17-4-1-3-14(11-17)12-21(28)33/h1-11,13H,12H2,(H2,28,33)(H2,29,30,34). The van der Waals surface area contributed by atoms with Crippen molar-refractivity contribution in [3.05, 3.63) is 94.2 Å². The van der Waals surface area contributed by atoms with E-state index >= 15 is 0 Å². The largest absolute Gasteiger partial charge is 0.369 e. The van der Waals surface area contributed by atoms with E-state index < -0.39 is 11.9 Å². The maximum absolute atomic E-state index is 13.4. The van der Waals surface area contributed by atoms with Gasteiger partial charge in [-0.15, -0.1) is 0 Å². The van der Waals surface area contributed by atoms with E-state index in [0.29, 0.717) is 39.0 Å². The molecule has 4 rings (SSSR count). The SMILES string of the molecule is NC(=O)Cc1cccc(-n2nc(-c3ccc(F)cc3)cc2NC(=O)Nc2cccc(Cl)c2Cl)c1. The monoisotopic (exact) mass is 497 g/mol. The number of carbonyl (C=O) groups is 2. The quantitative estimate of drug-likeness (QED) is 0.320. The number of nitrogens with two attached hydrogens (primary N) is 1. The first-order chi connectivity index (χ1) is 16.3. The third-order valence-corrected chi connectivity index (χ3v) is 5.64. The molecule has 0 aliphatic heterocycles. The van der Waals surface area contributed by atoms with Crippen LogP contribution in [0.4, 0.5) is 20.7 Å². The van der Waals surface area contributed by atoms with Gasteiger partial charge < -0.3 is 11.1 Å². The molecule has 1 aromatic heterocycles. The molecule has 0 aliphatic rings. The van der Waals surface area contributed by atoms with Gasteiger partial charge >= 0.3 is 6.03 Å². The van der Waals surface area contributed by atoms with Gasteiger partial charge in [0.25, 0.3) is 0 Å². The summed E-state index contributed by atoms with van der Waals surface area (Å²) in [5.74, 6) is -0.523. The first-order valence-corrected chi connectivity index (χ1v) is 10.8. The number of halogens is 3. The van der Waals surface area contributed by atoms with Gasteiger partial charge in [-0.3, -0.25) is 10.1 Å². The molecule has 4 N–H and O–H groups in total. The number of hydrogen-bond donors (Lipinski definition) is 3. The van der Waals surface area contributed by atoms with Gasteiger partial charge in [0.1, 0.15) is 11.6 Å². The number of amides is 3. The zero-order chi connectivity index (χ0) is 24.2. The van der Waals surface area contributed by atoms with Crippen molar-refractivity contribution in [2.75, 3.05) is 10.6 Å². The molecule has 0 atom stereocenters. The smallest absolute Gasteiger partial charge is 0.324 e. The number of nitrogens with one attached hydrogen (secondary N) is 2. The first-order valence-electron chi connectivity index (χ1n) is 10.1. The summed E-state index contributed by atoms with van der Waals surface area (Å²) in [6.07, 6.45) is 0.0520. The molecule has 3 amide bonds. The van der Waals surface area contributed by atoms with E-state index in [1.54, 1.807) is 60.7 Å². The van der Waals surface area contributed by atoms with Crippen LogP contribution in [-0.2, 0) is 11.2 Å². The van der Waals surface area contributed by atoms with E-state index in [9.17, 15) is 14.0 Å². The van der Waals surface area contributed by atoms with E-state index in [2.05, 4.69) is 15.7 Å². The zero-order valence-electron chi connectivity index (χ0n) is 17.6. The molecule has 7 nitrogen and oxygen atoms in total. The second-order valence-corrected chi connectivity index (χ2v) is 8.11. The molecule has 172 valence electrons. The van der Waals surface area contributed by atoms with Gasteiger partial charge in [0.05, 0.1) is 33.5 Å². The van der Waals surface area contributed by atoms with Crippen LogP contribution in [0.3, 0.4) is 0 Å². The Morgan fingerprint density at radius 1 is 0.971 bits per heavy atom. The minimum atomic E-state index is -0.579. The van der Waals surface area contributed by atoms with E-state index in [4.69, 9.17) is 28.9 Å². The summed E-state index contributed by atoms with van der Waals surface area (Å²) in [6, 6.07) is 18.8. The molecule has 0 aliphatic carbocycles. The summed E-state index contributed by atoms with van der Waals surface area (Å²) in [4.78, 5) is 24.1. The van der Waals surface area contributed by atoms with Gasteiger partial charge in [0.15, 0.2) is 0 Å². The topological polar surface area (TPSA) is 102 Å². The molecule has 0 bridgehead atoms. The second-order valence-electron chi connectivity index (χ2n) is 7.33. The Morgan fingerprint density at radius 2 is 1.71 bits per heavy atom. The number of primary amides is 1. The van der Waals surface area contributed by atoms with Gasteiger partial charge in [-0.1, -0.05) is 41.4 Å². The first kappa shape index (κ1) is 23.3. The molecule has 0 spiro atoms. The highest BCUT2D eigenvalue weighted by molar-refractivity contribution is 6.44. The Labute approximate surface area is 204 Å². The highest BCUT2D eigenvalue weighted by atomic mass is 35.5.